The summed E-state index contributed by atoms with van der Waals surface area (Å²) in [6.45, 7) is 3.50. The zero-order valence-electron chi connectivity index (χ0n) is 10.7. The fourth-order valence-electron chi connectivity index (χ4n) is 2.99. The van der Waals surface area contributed by atoms with Crippen LogP contribution in [-0.4, -0.2) is 37.9 Å². The van der Waals surface area contributed by atoms with E-state index in [0.29, 0.717) is 8.55 Å². The first-order valence-electron chi connectivity index (χ1n) is 6.50. The summed E-state index contributed by atoms with van der Waals surface area (Å²) < 4.78 is 28.3. The van der Waals surface area contributed by atoms with Gasteiger partial charge in [-0.1, -0.05) is 11.6 Å². The van der Waals surface area contributed by atoms with Crippen molar-refractivity contribution in [2.45, 2.75) is 42.5 Å². The lowest BCUT2D eigenvalue weighted by atomic mass is 10.1. The first-order valence-corrected chi connectivity index (χ1v) is 9.14. The number of aryl methyl sites for hydroxylation is 1. The minimum Gasteiger partial charge on any atom is -0.315 e. The fraction of sp³-hybridized carbons (Fsp3) is 0.667. The maximum Gasteiger partial charge on any atom is 0.253 e. The summed E-state index contributed by atoms with van der Waals surface area (Å²) in [7, 11) is -3.40. The molecule has 0 amide bonds. The molecule has 1 N–H and O–H groups in total. The van der Waals surface area contributed by atoms with E-state index in [-0.39, 0.29) is 12.1 Å². The van der Waals surface area contributed by atoms with Crippen molar-refractivity contribution in [3.8, 4) is 0 Å². The van der Waals surface area contributed by atoms with Gasteiger partial charge in [0.2, 0.25) is 0 Å². The van der Waals surface area contributed by atoms with Gasteiger partial charge in [0, 0.05) is 18.6 Å². The first-order chi connectivity index (χ1) is 9.00. The SMILES string of the molecule is Cc1cc(S(=O)(=O)N2C3CCNCC2CC3)sc1Cl. The number of halogens is 1. The van der Waals surface area contributed by atoms with Gasteiger partial charge in [-0.3, -0.25) is 0 Å². The predicted molar refractivity (Wildman–Crippen MR) is 77.4 cm³/mol. The van der Waals surface area contributed by atoms with E-state index in [4.69, 9.17) is 11.6 Å². The third-order valence-corrected chi connectivity index (χ3v) is 7.96. The van der Waals surface area contributed by atoms with Crippen LogP contribution in [0.3, 0.4) is 0 Å². The zero-order valence-corrected chi connectivity index (χ0v) is 13.1. The van der Waals surface area contributed by atoms with Crippen LogP contribution in [0.5, 0.6) is 0 Å². The highest BCUT2D eigenvalue weighted by Gasteiger charge is 2.43. The van der Waals surface area contributed by atoms with Crippen molar-refractivity contribution in [2.75, 3.05) is 13.1 Å². The van der Waals surface area contributed by atoms with Crippen LogP contribution < -0.4 is 5.32 Å². The quantitative estimate of drug-likeness (QED) is 0.909. The standard InChI is InChI=1S/C12H17ClN2O2S2/c1-8-6-11(18-12(8)13)19(16,17)15-9-2-3-10(15)7-14-5-4-9/h6,9-10,14H,2-5,7H2,1H3. The van der Waals surface area contributed by atoms with Gasteiger partial charge in [-0.05, 0) is 44.4 Å². The molecule has 2 bridgehead atoms. The Morgan fingerprint density at radius 1 is 1.37 bits per heavy atom. The third-order valence-electron chi connectivity index (χ3n) is 3.95. The smallest absolute Gasteiger partial charge is 0.253 e. The topological polar surface area (TPSA) is 49.4 Å². The van der Waals surface area contributed by atoms with Gasteiger partial charge >= 0.3 is 0 Å². The van der Waals surface area contributed by atoms with E-state index in [1.165, 1.54) is 11.3 Å². The third kappa shape index (κ3) is 2.34. The number of rotatable bonds is 2. The summed E-state index contributed by atoms with van der Waals surface area (Å²) in [5.74, 6) is 0. The number of nitrogens with one attached hydrogen (secondary N) is 1. The van der Waals surface area contributed by atoms with E-state index in [0.717, 1.165) is 37.9 Å². The van der Waals surface area contributed by atoms with Crippen molar-refractivity contribution < 1.29 is 8.42 Å². The highest BCUT2D eigenvalue weighted by atomic mass is 35.5. The average molecular weight is 321 g/mol. The Balaban J connectivity index is 2.00. The molecule has 0 spiro atoms. The van der Waals surface area contributed by atoms with Crippen molar-refractivity contribution in [1.82, 2.24) is 9.62 Å². The minimum atomic E-state index is -3.40. The second-order valence-corrected chi connectivity index (χ2v) is 8.96. The Morgan fingerprint density at radius 3 is 2.79 bits per heavy atom. The average Bonchev–Trinajstić information content (AvgIpc) is 2.80. The molecule has 19 heavy (non-hydrogen) atoms. The van der Waals surface area contributed by atoms with Crippen molar-refractivity contribution >= 4 is 33.0 Å². The Bertz CT molecular complexity index is 551. The van der Waals surface area contributed by atoms with Crippen LogP contribution in [0.15, 0.2) is 10.3 Å². The summed E-state index contributed by atoms with van der Waals surface area (Å²) in [5.41, 5.74) is 0.838. The van der Waals surface area contributed by atoms with Crippen LogP contribution in [0.2, 0.25) is 4.34 Å². The van der Waals surface area contributed by atoms with E-state index in [9.17, 15) is 8.42 Å². The minimum absolute atomic E-state index is 0.0960. The number of nitrogens with zero attached hydrogens (tertiary/aromatic N) is 1. The Morgan fingerprint density at radius 2 is 2.11 bits per heavy atom. The molecule has 2 fully saturated rings. The second-order valence-electron chi connectivity index (χ2n) is 5.23. The molecular weight excluding hydrogens is 304 g/mol. The summed E-state index contributed by atoms with van der Waals surface area (Å²) >= 11 is 7.19. The maximum atomic E-state index is 12.8. The van der Waals surface area contributed by atoms with Crippen LogP contribution >= 0.6 is 22.9 Å². The first kappa shape index (κ1) is 13.8. The van der Waals surface area contributed by atoms with Gasteiger partial charge in [-0.2, -0.15) is 4.31 Å². The van der Waals surface area contributed by atoms with Gasteiger partial charge in [0.1, 0.15) is 4.21 Å². The van der Waals surface area contributed by atoms with Crippen molar-refractivity contribution in [3.05, 3.63) is 16.0 Å². The second kappa shape index (κ2) is 5.00. The van der Waals surface area contributed by atoms with E-state index in [1.54, 1.807) is 10.4 Å². The number of hydrogen-bond acceptors (Lipinski definition) is 4. The molecule has 106 valence electrons. The molecule has 3 heterocycles. The van der Waals surface area contributed by atoms with Gasteiger partial charge in [-0.15, -0.1) is 11.3 Å². The zero-order chi connectivity index (χ0) is 13.6. The Labute approximate surface area is 122 Å². The van der Waals surface area contributed by atoms with E-state index >= 15 is 0 Å². The lowest BCUT2D eigenvalue weighted by Crippen LogP contribution is -2.42. The van der Waals surface area contributed by atoms with Crippen LogP contribution in [0.25, 0.3) is 0 Å². The van der Waals surface area contributed by atoms with Gasteiger partial charge in [0.25, 0.3) is 10.0 Å². The highest BCUT2D eigenvalue weighted by molar-refractivity contribution is 7.91. The van der Waals surface area contributed by atoms with Crippen molar-refractivity contribution in [2.24, 2.45) is 0 Å². The predicted octanol–water partition coefficient (Wildman–Crippen LogP) is 2.22. The van der Waals surface area contributed by atoms with Crippen LogP contribution in [0, 0.1) is 6.92 Å². The van der Waals surface area contributed by atoms with Gasteiger partial charge < -0.3 is 5.32 Å². The molecule has 3 rings (SSSR count). The number of sulfonamides is 1. The molecule has 2 unspecified atom stereocenters. The maximum absolute atomic E-state index is 12.8. The molecule has 2 atom stereocenters. The van der Waals surface area contributed by atoms with Gasteiger partial charge in [0.05, 0.1) is 4.34 Å². The summed E-state index contributed by atoms with van der Waals surface area (Å²) in [5, 5.41) is 3.32. The molecule has 1 aromatic heterocycles. The summed E-state index contributed by atoms with van der Waals surface area (Å²) in [6, 6.07) is 1.94. The normalized spacial score (nSPS) is 28.5. The lowest BCUT2D eigenvalue weighted by Gasteiger charge is -2.26. The molecule has 2 aliphatic rings. The Kier molecular flexibility index (Phi) is 3.64. The number of fused-ring (bicyclic) bond motifs is 2. The molecule has 0 aromatic carbocycles. The molecular formula is C12H17ClN2O2S2. The van der Waals surface area contributed by atoms with Crippen molar-refractivity contribution in [3.63, 3.8) is 0 Å². The number of hydrogen-bond donors (Lipinski definition) is 1. The van der Waals surface area contributed by atoms with Crippen LogP contribution in [0.4, 0.5) is 0 Å². The molecule has 0 radical (unpaired) electrons. The monoisotopic (exact) mass is 320 g/mol. The lowest BCUT2D eigenvalue weighted by molar-refractivity contribution is 0.335. The molecule has 2 saturated heterocycles. The largest absolute Gasteiger partial charge is 0.315 e. The van der Waals surface area contributed by atoms with Gasteiger partial charge in [-0.25, -0.2) is 8.42 Å². The van der Waals surface area contributed by atoms with Gasteiger partial charge in [0.15, 0.2) is 0 Å². The molecule has 7 heteroatoms. The molecule has 0 aliphatic carbocycles. The molecule has 0 saturated carbocycles. The van der Waals surface area contributed by atoms with Crippen LogP contribution in [-0.2, 0) is 10.0 Å². The van der Waals surface area contributed by atoms with Crippen molar-refractivity contribution in [1.29, 1.82) is 0 Å². The summed E-state index contributed by atoms with van der Waals surface area (Å²) in [6.07, 6.45) is 2.83. The van der Waals surface area contributed by atoms with E-state index in [2.05, 4.69) is 5.32 Å². The summed E-state index contributed by atoms with van der Waals surface area (Å²) in [4.78, 5) is 0. The number of thiophene rings is 1. The molecule has 4 nitrogen and oxygen atoms in total. The van der Waals surface area contributed by atoms with E-state index < -0.39 is 10.0 Å². The molecule has 2 aliphatic heterocycles. The van der Waals surface area contributed by atoms with E-state index in [1.807, 2.05) is 6.92 Å². The van der Waals surface area contributed by atoms with Crippen LogP contribution in [0.1, 0.15) is 24.8 Å². The fourth-order valence-corrected chi connectivity index (χ4v) is 6.71. The molecule has 1 aromatic rings. The Hall–Kier alpha value is -0.140. The highest BCUT2D eigenvalue weighted by Crippen LogP contribution is 2.38.